The van der Waals surface area contributed by atoms with Gasteiger partial charge < -0.3 is 14.4 Å². The Kier molecular flexibility index (Phi) is 4.66. The highest BCUT2D eigenvalue weighted by Crippen LogP contribution is 2.31. The van der Waals surface area contributed by atoms with E-state index >= 15 is 0 Å². The molecule has 1 fully saturated rings. The number of hydrogen-bond donors (Lipinski definition) is 0. The minimum Gasteiger partial charge on any atom is -0.488 e. The molecule has 0 aromatic carbocycles. The van der Waals surface area contributed by atoms with Gasteiger partial charge in [-0.3, -0.25) is 4.79 Å². The van der Waals surface area contributed by atoms with Gasteiger partial charge in [0, 0.05) is 20.1 Å². The van der Waals surface area contributed by atoms with E-state index in [1.165, 1.54) is 4.68 Å². The Hall–Kier alpha value is -1.27. The van der Waals surface area contributed by atoms with E-state index in [1.54, 1.807) is 7.05 Å². The zero-order chi connectivity index (χ0) is 13.8. The summed E-state index contributed by atoms with van der Waals surface area (Å²) >= 11 is 6.11. The zero-order valence-electron chi connectivity index (χ0n) is 11.2. The van der Waals surface area contributed by atoms with Gasteiger partial charge in [0.1, 0.15) is 0 Å². The molecule has 0 atom stereocenters. The molecule has 2 heterocycles. The Morgan fingerprint density at radius 1 is 1.42 bits per heavy atom. The minimum absolute atomic E-state index is 0.197. The molecule has 0 amide bonds. The van der Waals surface area contributed by atoms with Crippen LogP contribution in [0.1, 0.15) is 13.3 Å². The largest absolute Gasteiger partial charge is 0.488 e. The molecular formula is C12H18ClN3O3. The van der Waals surface area contributed by atoms with Crippen molar-refractivity contribution >= 4 is 17.3 Å². The van der Waals surface area contributed by atoms with Gasteiger partial charge in [-0.1, -0.05) is 18.5 Å². The molecule has 6 nitrogen and oxygen atoms in total. The van der Waals surface area contributed by atoms with Crippen molar-refractivity contribution in [2.45, 2.75) is 13.3 Å². The van der Waals surface area contributed by atoms with Crippen molar-refractivity contribution in [3.63, 3.8) is 0 Å². The number of hydrogen-bond acceptors (Lipinski definition) is 5. The Morgan fingerprint density at radius 3 is 2.74 bits per heavy atom. The Labute approximate surface area is 116 Å². The third kappa shape index (κ3) is 3.01. The molecule has 0 bridgehead atoms. The lowest BCUT2D eigenvalue weighted by Gasteiger charge is -2.29. The fourth-order valence-electron chi connectivity index (χ4n) is 1.97. The Balaban J connectivity index is 2.44. The van der Waals surface area contributed by atoms with Crippen LogP contribution >= 0.6 is 11.6 Å². The predicted molar refractivity (Wildman–Crippen MR) is 73.3 cm³/mol. The molecule has 0 aliphatic carbocycles. The van der Waals surface area contributed by atoms with Crippen molar-refractivity contribution < 1.29 is 9.47 Å². The fraction of sp³-hybridized carbons (Fsp3) is 0.667. The molecular weight excluding hydrogens is 270 g/mol. The van der Waals surface area contributed by atoms with Crippen molar-refractivity contribution in [3.8, 4) is 5.75 Å². The van der Waals surface area contributed by atoms with Crippen LogP contribution in [-0.2, 0) is 11.8 Å². The summed E-state index contributed by atoms with van der Waals surface area (Å²) in [7, 11) is 1.59. The van der Waals surface area contributed by atoms with Crippen LogP contribution in [0.2, 0.25) is 5.15 Å². The second-order valence-electron chi connectivity index (χ2n) is 4.35. The summed E-state index contributed by atoms with van der Waals surface area (Å²) in [5.74, 6) is 0.383. The van der Waals surface area contributed by atoms with Gasteiger partial charge >= 0.3 is 0 Å². The van der Waals surface area contributed by atoms with E-state index in [2.05, 4.69) is 5.10 Å². The minimum atomic E-state index is -0.197. The number of rotatable bonds is 4. The first-order valence-corrected chi connectivity index (χ1v) is 6.75. The lowest BCUT2D eigenvalue weighted by Crippen LogP contribution is -2.41. The van der Waals surface area contributed by atoms with Gasteiger partial charge in [-0.2, -0.15) is 5.10 Å². The molecule has 0 radical (unpaired) electrons. The van der Waals surface area contributed by atoms with Crippen LogP contribution in [0.15, 0.2) is 4.79 Å². The van der Waals surface area contributed by atoms with Crippen molar-refractivity contribution in [2.24, 2.45) is 7.05 Å². The summed E-state index contributed by atoms with van der Waals surface area (Å²) in [6.45, 7) is 4.99. The van der Waals surface area contributed by atoms with Gasteiger partial charge in [-0.15, -0.1) is 0 Å². The quantitative estimate of drug-likeness (QED) is 0.829. The first kappa shape index (κ1) is 14.1. The number of ether oxygens (including phenoxy) is 2. The second kappa shape index (κ2) is 6.25. The first-order valence-electron chi connectivity index (χ1n) is 6.37. The molecule has 1 aromatic heterocycles. The number of aromatic nitrogens is 2. The van der Waals surface area contributed by atoms with E-state index in [0.29, 0.717) is 44.3 Å². The van der Waals surface area contributed by atoms with E-state index in [1.807, 2.05) is 11.8 Å². The molecule has 1 aromatic rings. The molecule has 7 heteroatoms. The van der Waals surface area contributed by atoms with Crippen LogP contribution in [0, 0.1) is 0 Å². The van der Waals surface area contributed by atoms with Crippen LogP contribution in [0.5, 0.6) is 5.75 Å². The Bertz CT molecular complexity index is 498. The van der Waals surface area contributed by atoms with Crippen LogP contribution in [0.4, 0.5) is 5.69 Å². The third-order valence-corrected chi connectivity index (χ3v) is 3.16. The average molecular weight is 288 g/mol. The van der Waals surface area contributed by atoms with Gasteiger partial charge in [-0.05, 0) is 6.42 Å². The first-order chi connectivity index (χ1) is 9.15. The summed E-state index contributed by atoms with van der Waals surface area (Å²) in [4.78, 5) is 14.2. The number of anilines is 1. The van der Waals surface area contributed by atoms with E-state index in [9.17, 15) is 4.79 Å². The Morgan fingerprint density at radius 2 is 2.11 bits per heavy atom. The maximum absolute atomic E-state index is 12.3. The fourth-order valence-corrected chi connectivity index (χ4v) is 2.23. The molecule has 1 aliphatic rings. The summed E-state index contributed by atoms with van der Waals surface area (Å²) < 4.78 is 12.2. The van der Waals surface area contributed by atoms with Crippen LogP contribution < -0.4 is 15.2 Å². The van der Waals surface area contributed by atoms with E-state index in [0.717, 1.165) is 6.42 Å². The highest BCUT2D eigenvalue weighted by molar-refractivity contribution is 6.31. The average Bonchev–Trinajstić information content (AvgIpc) is 2.42. The maximum Gasteiger partial charge on any atom is 0.293 e. The van der Waals surface area contributed by atoms with Gasteiger partial charge in [0.05, 0.1) is 19.8 Å². The van der Waals surface area contributed by atoms with Crippen molar-refractivity contribution in [1.29, 1.82) is 0 Å². The van der Waals surface area contributed by atoms with E-state index < -0.39 is 0 Å². The number of morpholine rings is 1. The second-order valence-corrected chi connectivity index (χ2v) is 4.70. The standard InChI is InChI=1S/C12H18ClN3O3/c1-3-6-19-10-9(16-4-7-18-8-5-16)12(17)15(2)14-11(10)13/h3-8H2,1-2H3. The molecule has 2 rings (SSSR count). The van der Waals surface area contributed by atoms with Crippen LogP contribution in [0.25, 0.3) is 0 Å². The number of nitrogens with zero attached hydrogens (tertiary/aromatic N) is 3. The SMILES string of the molecule is CCCOc1c(Cl)nn(C)c(=O)c1N1CCOCC1. The highest BCUT2D eigenvalue weighted by atomic mass is 35.5. The molecule has 0 unspecified atom stereocenters. The summed E-state index contributed by atoms with van der Waals surface area (Å²) in [6, 6.07) is 0. The van der Waals surface area contributed by atoms with Gasteiger partial charge in [0.2, 0.25) is 0 Å². The number of halogens is 1. The maximum atomic E-state index is 12.3. The van der Waals surface area contributed by atoms with Crippen molar-refractivity contribution in [3.05, 3.63) is 15.5 Å². The zero-order valence-corrected chi connectivity index (χ0v) is 11.9. The third-order valence-electron chi connectivity index (χ3n) is 2.91. The smallest absolute Gasteiger partial charge is 0.293 e. The molecule has 0 saturated carbocycles. The van der Waals surface area contributed by atoms with E-state index in [4.69, 9.17) is 21.1 Å². The van der Waals surface area contributed by atoms with Crippen molar-refractivity contribution in [1.82, 2.24) is 9.78 Å². The highest BCUT2D eigenvalue weighted by Gasteiger charge is 2.23. The van der Waals surface area contributed by atoms with E-state index in [-0.39, 0.29) is 10.7 Å². The molecule has 0 spiro atoms. The van der Waals surface area contributed by atoms with Crippen LogP contribution in [-0.4, -0.2) is 42.7 Å². The van der Waals surface area contributed by atoms with Gasteiger partial charge in [-0.25, -0.2) is 4.68 Å². The lowest BCUT2D eigenvalue weighted by atomic mass is 10.3. The monoisotopic (exact) mass is 287 g/mol. The molecule has 1 aliphatic heterocycles. The van der Waals surface area contributed by atoms with Gasteiger partial charge in [0.15, 0.2) is 16.6 Å². The topological polar surface area (TPSA) is 56.6 Å². The summed E-state index contributed by atoms with van der Waals surface area (Å²) in [5, 5.41) is 4.19. The lowest BCUT2D eigenvalue weighted by molar-refractivity contribution is 0.122. The number of aryl methyl sites for hydroxylation is 1. The summed E-state index contributed by atoms with van der Waals surface area (Å²) in [5.41, 5.74) is 0.289. The summed E-state index contributed by atoms with van der Waals surface area (Å²) in [6.07, 6.45) is 0.841. The van der Waals surface area contributed by atoms with Gasteiger partial charge in [0.25, 0.3) is 5.56 Å². The molecule has 1 saturated heterocycles. The van der Waals surface area contributed by atoms with Crippen molar-refractivity contribution in [2.75, 3.05) is 37.8 Å². The normalized spacial score (nSPS) is 15.6. The van der Waals surface area contributed by atoms with Crippen LogP contribution in [0.3, 0.4) is 0 Å². The molecule has 106 valence electrons. The predicted octanol–water partition coefficient (Wildman–Crippen LogP) is 1.06. The molecule has 0 N–H and O–H groups in total. The molecule has 19 heavy (non-hydrogen) atoms.